The lowest BCUT2D eigenvalue weighted by Gasteiger charge is -2.58. The normalized spacial score (nSPS) is 35.6. The van der Waals surface area contributed by atoms with Crippen molar-refractivity contribution >= 4 is 10.9 Å². The van der Waals surface area contributed by atoms with E-state index in [4.69, 9.17) is 0 Å². The number of piperidine rings is 3. The first-order valence-electron chi connectivity index (χ1n) is 8.96. The van der Waals surface area contributed by atoms with E-state index in [-0.39, 0.29) is 6.61 Å². The molecule has 0 amide bonds. The van der Waals surface area contributed by atoms with Crippen LogP contribution in [0.4, 0.5) is 0 Å². The molecule has 6 rings (SSSR count). The Morgan fingerprint density at radius 2 is 2.17 bits per heavy atom. The summed E-state index contributed by atoms with van der Waals surface area (Å²) in [5.74, 6) is 1.19. The fourth-order valence-corrected chi connectivity index (χ4v) is 5.75. The molecule has 24 heavy (non-hydrogen) atoms. The third kappa shape index (κ3) is 1.65. The number of phenolic OH excluding ortho intramolecular Hbond substituents is 1. The maximum Gasteiger partial charge on any atom is 0.116 e. The van der Waals surface area contributed by atoms with Crippen molar-refractivity contribution < 1.29 is 10.2 Å². The molecule has 2 N–H and O–H groups in total. The highest BCUT2D eigenvalue weighted by molar-refractivity contribution is 5.87. The van der Waals surface area contributed by atoms with E-state index in [1.807, 2.05) is 12.1 Å². The minimum atomic E-state index is 0.265. The van der Waals surface area contributed by atoms with Crippen LogP contribution in [0, 0.1) is 11.8 Å². The maximum atomic E-state index is 10.0. The van der Waals surface area contributed by atoms with Gasteiger partial charge in [-0.3, -0.25) is 4.90 Å². The Kier molecular flexibility index (Phi) is 2.95. The van der Waals surface area contributed by atoms with Crippen LogP contribution in [0.15, 0.2) is 29.8 Å². The molecule has 4 aliphatic rings. The van der Waals surface area contributed by atoms with Crippen LogP contribution in [0.2, 0.25) is 0 Å². The van der Waals surface area contributed by atoms with E-state index in [2.05, 4.69) is 29.5 Å². The fraction of sp³-hybridized carbons (Fsp3) is 0.500. The molecule has 2 aromatic rings. The van der Waals surface area contributed by atoms with Gasteiger partial charge in [-0.2, -0.15) is 0 Å². The van der Waals surface area contributed by atoms with Gasteiger partial charge < -0.3 is 14.8 Å². The number of aliphatic hydroxyl groups is 1. The summed E-state index contributed by atoms with van der Waals surface area (Å²) in [5, 5.41) is 21.2. The van der Waals surface area contributed by atoms with E-state index < -0.39 is 0 Å². The summed E-state index contributed by atoms with van der Waals surface area (Å²) in [7, 11) is 2.15. The molecular formula is C20H24N2O2. The van der Waals surface area contributed by atoms with Gasteiger partial charge in [0.2, 0.25) is 0 Å². The Morgan fingerprint density at radius 3 is 2.92 bits per heavy atom. The summed E-state index contributed by atoms with van der Waals surface area (Å²) >= 11 is 0. The number of rotatable bonds is 1. The van der Waals surface area contributed by atoms with Gasteiger partial charge in [-0.1, -0.05) is 11.6 Å². The van der Waals surface area contributed by atoms with Crippen molar-refractivity contribution in [2.75, 3.05) is 13.2 Å². The van der Waals surface area contributed by atoms with Crippen LogP contribution in [-0.4, -0.2) is 38.9 Å². The van der Waals surface area contributed by atoms with Crippen molar-refractivity contribution in [3.05, 3.63) is 41.1 Å². The minimum absolute atomic E-state index is 0.265. The van der Waals surface area contributed by atoms with Gasteiger partial charge in [0.25, 0.3) is 0 Å². The zero-order valence-corrected chi connectivity index (χ0v) is 14.2. The Labute approximate surface area is 142 Å². The molecule has 4 bridgehead atoms. The van der Waals surface area contributed by atoms with E-state index in [0.717, 1.165) is 19.4 Å². The van der Waals surface area contributed by atoms with E-state index in [1.165, 1.54) is 27.7 Å². The number of aromatic nitrogens is 1. The molecule has 4 aliphatic heterocycles. The molecule has 4 nitrogen and oxygen atoms in total. The highest BCUT2D eigenvalue weighted by Gasteiger charge is 2.52. The van der Waals surface area contributed by atoms with E-state index in [1.54, 1.807) is 6.07 Å². The Balaban J connectivity index is 1.72. The molecule has 4 heteroatoms. The number of allylic oxidation sites excluding steroid dienone is 1. The topological polar surface area (TPSA) is 48.6 Å². The molecule has 0 saturated carbocycles. The number of phenols is 1. The fourth-order valence-electron chi connectivity index (χ4n) is 5.75. The van der Waals surface area contributed by atoms with E-state index >= 15 is 0 Å². The van der Waals surface area contributed by atoms with Crippen LogP contribution >= 0.6 is 0 Å². The van der Waals surface area contributed by atoms with Gasteiger partial charge in [-0.05, 0) is 49.4 Å². The van der Waals surface area contributed by atoms with Gasteiger partial charge in [0.1, 0.15) is 5.75 Å². The predicted octanol–water partition coefficient (Wildman–Crippen LogP) is 2.74. The lowest BCUT2D eigenvalue weighted by molar-refractivity contribution is -0.0513. The van der Waals surface area contributed by atoms with Crippen LogP contribution in [0.3, 0.4) is 0 Å². The molecule has 3 saturated heterocycles. The minimum Gasteiger partial charge on any atom is -0.508 e. The van der Waals surface area contributed by atoms with E-state index in [9.17, 15) is 10.2 Å². The summed E-state index contributed by atoms with van der Waals surface area (Å²) in [6.45, 7) is 3.44. The quantitative estimate of drug-likeness (QED) is 0.793. The predicted molar refractivity (Wildman–Crippen MR) is 94.0 cm³/mol. The second-order valence-electron chi connectivity index (χ2n) is 7.64. The summed E-state index contributed by atoms with van der Waals surface area (Å²) in [6, 6.07) is 6.58. The molecule has 3 fully saturated rings. The second-order valence-corrected chi connectivity index (χ2v) is 7.64. The van der Waals surface area contributed by atoms with Crippen LogP contribution in [0.1, 0.15) is 30.6 Å². The Bertz CT molecular complexity index is 866. The van der Waals surface area contributed by atoms with Gasteiger partial charge in [0.05, 0.1) is 6.04 Å². The lowest BCUT2D eigenvalue weighted by Crippen LogP contribution is -2.61. The summed E-state index contributed by atoms with van der Waals surface area (Å²) in [6.07, 6.45) is 4.34. The van der Waals surface area contributed by atoms with Crippen LogP contribution in [0.5, 0.6) is 5.75 Å². The van der Waals surface area contributed by atoms with Crippen molar-refractivity contribution in [2.24, 2.45) is 18.9 Å². The monoisotopic (exact) mass is 324 g/mol. The molecule has 0 aliphatic carbocycles. The highest BCUT2D eigenvalue weighted by Crippen LogP contribution is 2.54. The van der Waals surface area contributed by atoms with Gasteiger partial charge in [0, 0.05) is 48.8 Å². The smallest absolute Gasteiger partial charge is 0.116 e. The number of hydrogen-bond acceptors (Lipinski definition) is 3. The van der Waals surface area contributed by atoms with Crippen LogP contribution in [-0.2, 0) is 13.5 Å². The second kappa shape index (κ2) is 4.87. The van der Waals surface area contributed by atoms with Gasteiger partial charge in [-0.25, -0.2) is 0 Å². The number of aryl methyl sites for hydroxylation is 1. The Morgan fingerprint density at radius 1 is 1.33 bits per heavy atom. The van der Waals surface area contributed by atoms with Gasteiger partial charge >= 0.3 is 0 Å². The van der Waals surface area contributed by atoms with Gasteiger partial charge in [0.15, 0.2) is 0 Å². The Hall–Kier alpha value is -1.78. The molecule has 0 spiro atoms. The molecule has 126 valence electrons. The lowest BCUT2D eigenvalue weighted by atomic mass is 9.64. The summed E-state index contributed by atoms with van der Waals surface area (Å²) < 4.78 is 2.33. The first kappa shape index (κ1) is 14.6. The summed E-state index contributed by atoms with van der Waals surface area (Å²) in [4.78, 5) is 2.62. The van der Waals surface area contributed by atoms with Crippen LogP contribution < -0.4 is 0 Å². The largest absolute Gasteiger partial charge is 0.508 e. The zero-order valence-electron chi connectivity index (χ0n) is 14.2. The average Bonchev–Trinajstić information content (AvgIpc) is 2.86. The summed E-state index contributed by atoms with van der Waals surface area (Å²) in [5.41, 5.74) is 5.51. The van der Waals surface area contributed by atoms with Gasteiger partial charge in [-0.15, -0.1) is 0 Å². The maximum absolute atomic E-state index is 10.0. The van der Waals surface area contributed by atoms with Crippen molar-refractivity contribution in [1.82, 2.24) is 9.47 Å². The number of aliphatic hydroxyl groups excluding tert-OH is 1. The SMILES string of the molecule is CC=C1CN2[C@@H]3C[C@H]1[C@H](CO)[C@H]2Cc1c3n(C)c2ccc(O)cc12. The molecule has 1 unspecified atom stereocenters. The van der Waals surface area contributed by atoms with E-state index in [0.29, 0.717) is 29.7 Å². The molecule has 0 radical (unpaired) electrons. The van der Waals surface area contributed by atoms with Crippen molar-refractivity contribution in [1.29, 1.82) is 0 Å². The third-order valence-corrected chi connectivity index (χ3v) is 6.80. The number of benzene rings is 1. The van der Waals surface area contributed by atoms with Crippen molar-refractivity contribution in [3.8, 4) is 5.75 Å². The third-order valence-electron chi connectivity index (χ3n) is 6.80. The molecule has 1 aromatic carbocycles. The zero-order chi connectivity index (χ0) is 16.6. The van der Waals surface area contributed by atoms with Crippen LogP contribution in [0.25, 0.3) is 10.9 Å². The number of fused-ring (bicyclic) bond motifs is 4. The number of nitrogens with zero attached hydrogens (tertiary/aromatic N) is 2. The number of hydrogen-bond donors (Lipinski definition) is 2. The molecule has 5 heterocycles. The highest BCUT2D eigenvalue weighted by atomic mass is 16.3. The molecular weight excluding hydrogens is 300 g/mol. The first-order chi connectivity index (χ1) is 11.6. The first-order valence-corrected chi connectivity index (χ1v) is 8.96. The standard InChI is InChI=1S/C20H24N2O2/c1-3-11-9-22-18-8-15-14-6-12(24)4-5-17(14)21(2)20(15)19(22)7-13(11)16(18)10-23/h3-6,13,16,18-19,23-24H,7-10H2,1-2H3/t13-,16+,18-,19-/m1/s1. The van der Waals surface area contributed by atoms with Crippen molar-refractivity contribution in [2.45, 2.75) is 31.8 Å². The average molecular weight is 324 g/mol. The molecule has 5 atom stereocenters. The van der Waals surface area contributed by atoms with Crippen molar-refractivity contribution in [3.63, 3.8) is 0 Å². The number of aromatic hydroxyl groups is 1. The molecule has 1 aromatic heterocycles.